The van der Waals surface area contributed by atoms with E-state index < -0.39 is 58.3 Å². The number of carbonyl (C=O) groups is 2. The molecule has 0 spiro atoms. The second-order valence-corrected chi connectivity index (χ2v) is 14.1. The number of hydrogen-bond donors (Lipinski definition) is 3. The van der Waals surface area contributed by atoms with Crippen molar-refractivity contribution in [2.45, 2.75) is 56.7 Å². The molecule has 49 heavy (non-hydrogen) atoms. The van der Waals surface area contributed by atoms with Crippen molar-refractivity contribution in [1.29, 1.82) is 5.26 Å². The van der Waals surface area contributed by atoms with Crippen LogP contribution >= 0.6 is 23.2 Å². The number of rotatable bonds is 9. The standard InChI is InChI=1S/C38H35Cl2F2N3O4/c1-37(2,3)19-30-38(20-43,25-15-14-23(39)18-27(25)41)31(24-11-8-12-26(40)32(24)42)33(45-30)36(48)44-28-16-13-22(17-29(28)49-4)35(47)34(46)21-9-6-5-7-10-21/h5-18,30-31,33,35,45,47H,19H2,1-4H3,(H,44,48)/t30-,31-,33+,35?,38-/m0/s1. The number of aliphatic hydroxyl groups excluding tert-OH is 1. The molecular weight excluding hydrogens is 671 g/mol. The van der Waals surface area contributed by atoms with Gasteiger partial charge in [0.15, 0.2) is 5.78 Å². The Labute approximate surface area is 293 Å². The Kier molecular flexibility index (Phi) is 10.5. The number of ketones is 1. The molecular formula is C38H35Cl2F2N3O4. The van der Waals surface area contributed by atoms with Crippen molar-refractivity contribution in [1.82, 2.24) is 5.32 Å². The van der Waals surface area contributed by atoms with Gasteiger partial charge in [-0.05, 0) is 53.3 Å². The van der Waals surface area contributed by atoms with E-state index in [9.17, 15) is 20.0 Å². The molecule has 1 aliphatic heterocycles. The Morgan fingerprint density at radius 3 is 2.39 bits per heavy atom. The highest BCUT2D eigenvalue weighted by Crippen LogP contribution is 2.53. The fourth-order valence-corrected chi connectivity index (χ4v) is 7.00. The summed E-state index contributed by atoms with van der Waals surface area (Å²) in [6.45, 7) is 5.84. The van der Waals surface area contributed by atoms with Crippen molar-refractivity contribution in [3.63, 3.8) is 0 Å². The second-order valence-electron chi connectivity index (χ2n) is 13.3. The van der Waals surface area contributed by atoms with Crippen molar-refractivity contribution < 1.29 is 28.2 Å². The van der Waals surface area contributed by atoms with Crippen LogP contribution in [0.2, 0.25) is 10.0 Å². The molecule has 1 heterocycles. The van der Waals surface area contributed by atoms with Crippen LogP contribution in [0.25, 0.3) is 0 Å². The number of anilines is 1. The van der Waals surface area contributed by atoms with Gasteiger partial charge in [-0.25, -0.2) is 8.78 Å². The molecule has 1 fully saturated rings. The summed E-state index contributed by atoms with van der Waals surface area (Å²) in [4.78, 5) is 27.3. The van der Waals surface area contributed by atoms with Crippen LogP contribution in [0, 0.1) is 28.4 Å². The van der Waals surface area contributed by atoms with Crippen molar-refractivity contribution in [3.8, 4) is 11.8 Å². The third-order valence-electron chi connectivity index (χ3n) is 8.84. The number of nitrogens with zero attached hydrogens (tertiary/aromatic N) is 1. The average Bonchev–Trinajstić information content (AvgIpc) is 3.38. The Hall–Kier alpha value is -4.33. The molecule has 3 N–H and O–H groups in total. The van der Waals surface area contributed by atoms with Gasteiger partial charge >= 0.3 is 0 Å². The fraction of sp³-hybridized carbons (Fsp3) is 0.289. The van der Waals surface area contributed by atoms with E-state index in [1.165, 1.54) is 55.6 Å². The van der Waals surface area contributed by atoms with Gasteiger partial charge in [0.25, 0.3) is 0 Å². The van der Waals surface area contributed by atoms with Crippen LogP contribution in [-0.4, -0.2) is 36.0 Å². The van der Waals surface area contributed by atoms with E-state index in [0.717, 1.165) is 6.07 Å². The third-order valence-corrected chi connectivity index (χ3v) is 9.36. The summed E-state index contributed by atoms with van der Waals surface area (Å²) >= 11 is 12.3. The third kappa shape index (κ3) is 7.06. The van der Waals surface area contributed by atoms with Crippen LogP contribution in [0.4, 0.5) is 14.5 Å². The summed E-state index contributed by atoms with van der Waals surface area (Å²) in [5.41, 5.74) is -1.57. The van der Waals surface area contributed by atoms with E-state index in [-0.39, 0.29) is 38.2 Å². The van der Waals surface area contributed by atoms with Gasteiger partial charge in [0.2, 0.25) is 5.91 Å². The van der Waals surface area contributed by atoms with Gasteiger partial charge in [0.1, 0.15) is 28.9 Å². The van der Waals surface area contributed by atoms with Crippen molar-refractivity contribution in [2.75, 3.05) is 12.4 Å². The van der Waals surface area contributed by atoms with Gasteiger partial charge in [-0.3, -0.25) is 9.59 Å². The van der Waals surface area contributed by atoms with Crippen LogP contribution < -0.4 is 15.4 Å². The van der Waals surface area contributed by atoms with Crippen molar-refractivity contribution in [2.24, 2.45) is 5.41 Å². The minimum Gasteiger partial charge on any atom is -0.495 e. The van der Waals surface area contributed by atoms with Crippen LogP contribution in [-0.2, 0) is 10.2 Å². The number of Topliss-reactive ketones (excluding diaryl/α,β-unsaturated/α-hetero) is 1. The minimum absolute atomic E-state index is 0.0418. The van der Waals surface area contributed by atoms with Crippen LogP contribution in [0.3, 0.4) is 0 Å². The zero-order valence-corrected chi connectivity index (χ0v) is 28.7. The van der Waals surface area contributed by atoms with Crippen LogP contribution in [0.5, 0.6) is 5.75 Å². The number of benzene rings is 4. The lowest BCUT2D eigenvalue weighted by Crippen LogP contribution is -2.45. The highest BCUT2D eigenvalue weighted by Gasteiger charge is 2.61. The van der Waals surface area contributed by atoms with Crippen LogP contribution in [0.15, 0.2) is 84.9 Å². The molecule has 254 valence electrons. The largest absolute Gasteiger partial charge is 0.495 e. The number of carbonyl (C=O) groups excluding carboxylic acids is 2. The number of amides is 1. The van der Waals surface area contributed by atoms with Gasteiger partial charge in [-0.15, -0.1) is 0 Å². The first kappa shape index (κ1) is 36.0. The minimum atomic E-state index is -1.80. The second kappa shape index (κ2) is 14.3. The molecule has 0 aromatic heterocycles. The molecule has 1 aliphatic rings. The van der Waals surface area contributed by atoms with E-state index in [1.54, 1.807) is 30.3 Å². The predicted octanol–water partition coefficient (Wildman–Crippen LogP) is 8.16. The molecule has 5 atom stereocenters. The number of nitrogens with one attached hydrogen (secondary N) is 2. The van der Waals surface area contributed by atoms with Gasteiger partial charge < -0.3 is 20.5 Å². The average molecular weight is 707 g/mol. The monoisotopic (exact) mass is 705 g/mol. The first-order valence-corrected chi connectivity index (χ1v) is 16.3. The molecule has 1 saturated heterocycles. The maximum atomic E-state index is 16.0. The highest BCUT2D eigenvalue weighted by atomic mass is 35.5. The molecule has 0 aliphatic carbocycles. The topological polar surface area (TPSA) is 111 Å². The normalized spacial score (nSPS) is 21.1. The van der Waals surface area contributed by atoms with Crippen LogP contribution in [0.1, 0.15) is 66.3 Å². The molecule has 7 nitrogen and oxygen atoms in total. The summed E-state index contributed by atoms with van der Waals surface area (Å²) in [7, 11) is 1.36. The van der Waals surface area contributed by atoms with E-state index >= 15 is 8.78 Å². The number of ether oxygens (including phenoxy) is 1. The Bertz CT molecular complexity index is 1930. The summed E-state index contributed by atoms with van der Waals surface area (Å²) in [6, 6.07) is 21.2. The number of nitriles is 1. The molecule has 0 radical (unpaired) electrons. The Morgan fingerprint density at radius 2 is 1.76 bits per heavy atom. The van der Waals surface area contributed by atoms with Crippen molar-refractivity contribution >= 4 is 40.6 Å². The smallest absolute Gasteiger partial charge is 0.242 e. The summed E-state index contributed by atoms with van der Waals surface area (Å²) < 4.78 is 37.4. The molecule has 1 unspecified atom stereocenters. The molecule has 0 bridgehead atoms. The first-order chi connectivity index (χ1) is 23.2. The number of halogens is 4. The quantitative estimate of drug-likeness (QED) is 0.152. The Balaban J connectivity index is 1.60. The summed E-state index contributed by atoms with van der Waals surface area (Å²) in [5, 5.41) is 27.9. The zero-order valence-electron chi connectivity index (χ0n) is 27.2. The SMILES string of the molecule is COc1cc(C(O)C(=O)c2ccccc2)ccc1NC(=O)[C@@H]1N[C@@H](CC(C)(C)C)[C@](C#N)(c2ccc(Cl)cc2F)[C@H]1c1cccc(Cl)c1F. The maximum absolute atomic E-state index is 16.0. The number of aliphatic hydroxyl groups is 1. The zero-order chi connectivity index (χ0) is 35.7. The fourth-order valence-electron chi connectivity index (χ4n) is 6.66. The number of methoxy groups -OCH3 is 1. The predicted molar refractivity (Wildman–Crippen MR) is 185 cm³/mol. The lowest BCUT2D eigenvalue weighted by Gasteiger charge is -2.37. The molecule has 5 rings (SSSR count). The molecule has 11 heteroatoms. The molecule has 0 saturated carbocycles. The van der Waals surface area contributed by atoms with Gasteiger partial charge in [0, 0.05) is 28.1 Å². The van der Waals surface area contributed by atoms with Gasteiger partial charge in [-0.1, -0.05) is 98.6 Å². The Morgan fingerprint density at radius 1 is 1.04 bits per heavy atom. The molecule has 1 amide bonds. The van der Waals surface area contributed by atoms with E-state index in [4.69, 9.17) is 27.9 Å². The summed E-state index contributed by atoms with van der Waals surface area (Å²) in [5.74, 6) is -3.93. The van der Waals surface area contributed by atoms with E-state index in [0.29, 0.717) is 12.0 Å². The number of hydrogen-bond acceptors (Lipinski definition) is 6. The molecule has 4 aromatic rings. The van der Waals surface area contributed by atoms with E-state index in [2.05, 4.69) is 16.7 Å². The van der Waals surface area contributed by atoms with E-state index in [1.807, 2.05) is 20.8 Å². The van der Waals surface area contributed by atoms with Crippen molar-refractivity contribution in [3.05, 3.63) is 129 Å². The van der Waals surface area contributed by atoms with Gasteiger partial charge in [0.05, 0.1) is 29.9 Å². The molecule has 4 aromatic carbocycles. The lowest BCUT2D eigenvalue weighted by atomic mass is 9.62. The van der Waals surface area contributed by atoms with Gasteiger partial charge in [-0.2, -0.15) is 5.26 Å². The maximum Gasteiger partial charge on any atom is 0.242 e. The summed E-state index contributed by atoms with van der Waals surface area (Å²) in [6.07, 6.45) is -1.20. The first-order valence-electron chi connectivity index (χ1n) is 15.5. The highest BCUT2D eigenvalue weighted by molar-refractivity contribution is 6.31. The lowest BCUT2D eigenvalue weighted by molar-refractivity contribution is -0.118.